The molecular weight excluding hydrogens is 280 g/mol. The van der Waals surface area contributed by atoms with Gasteiger partial charge in [-0.25, -0.2) is 0 Å². The van der Waals surface area contributed by atoms with Gasteiger partial charge < -0.3 is 15.3 Å². The minimum atomic E-state index is -0.415. The summed E-state index contributed by atoms with van der Waals surface area (Å²) in [6.07, 6.45) is 0. The van der Waals surface area contributed by atoms with E-state index in [-0.39, 0.29) is 18.4 Å². The number of rotatable bonds is 6. The number of nitrogens with one attached hydrogen (secondary N) is 1. The molecular formula is C17H26N2O3. The monoisotopic (exact) mass is 306 g/mol. The lowest BCUT2D eigenvalue weighted by Crippen LogP contribution is -2.34. The second-order valence-electron chi connectivity index (χ2n) is 6.24. The van der Waals surface area contributed by atoms with E-state index in [0.717, 1.165) is 5.56 Å². The summed E-state index contributed by atoms with van der Waals surface area (Å²) >= 11 is 0. The quantitative estimate of drug-likeness (QED) is 0.842. The van der Waals surface area contributed by atoms with Crippen molar-refractivity contribution in [1.82, 2.24) is 10.2 Å². The molecule has 0 aliphatic rings. The highest BCUT2D eigenvalue weighted by Gasteiger charge is 2.20. The Bertz CT molecular complexity index is 504. The van der Waals surface area contributed by atoms with Gasteiger partial charge in [0.15, 0.2) is 0 Å². The third kappa shape index (κ3) is 5.15. The maximum Gasteiger partial charge on any atom is 0.253 e. The first-order valence-electron chi connectivity index (χ1n) is 7.57. The summed E-state index contributed by atoms with van der Waals surface area (Å²) in [5, 5.41) is 11.8. The number of hydrogen-bond donors (Lipinski definition) is 2. The van der Waals surface area contributed by atoms with Gasteiger partial charge >= 0.3 is 0 Å². The van der Waals surface area contributed by atoms with Crippen LogP contribution in [0.5, 0.6) is 0 Å². The van der Waals surface area contributed by atoms with Gasteiger partial charge in [0.2, 0.25) is 5.91 Å². The summed E-state index contributed by atoms with van der Waals surface area (Å²) in [6.45, 7) is 8.76. The second kappa shape index (κ2) is 7.94. The Morgan fingerprint density at radius 3 is 2.23 bits per heavy atom. The summed E-state index contributed by atoms with van der Waals surface area (Å²) < 4.78 is 0. The van der Waals surface area contributed by atoms with Crippen molar-refractivity contribution in [1.29, 1.82) is 0 Å². The van der Waals surface area contributed by atoms with E-state index in [1.165, 1.54) is 0 Å². The van der Waals surface area contributed by atoms with E-state index in [0.29, 0.717) is 25.2 Å². The van der Waals surface area contributed by atoms with Crippen LogP contribution < -0.4 is 5.32 Å². The number of carbonyl (C=O) groups is 2. The van der Waals surface area contributed by atoms with Gasteiger partial charge in [-0.15, -0.1) is 0 Å². The van der Waals surface area contributed by atoms with Crippen molar-refractivity contribution < 1.29 is 14.7 Å². The van der Waals surface area contributed by atoms with E-state index in [9.17, 15) is 9.59 Å². The fourth-order valence-corrected chi connectivity index (χ4v) is 1.92. The Labute approximate surface area is 132 Å². The van der Waals surface area contributed by atoms with E-state index < -0.39 is 5.41 Å². The molecule has 2 N–H and O–H groups in total. The van der Waals surface area contributed by atoms with Crippen LogP contribution in [0.4, 0.5) is 0 Å². The number of nitrogens with zero attached hydrogens (tertiary/aromatic N) is 1. The third-order valence-electron chi connectivity index (χ3n) is 3.37. The molecule has 1 aromatic carbocycles. The van der Waals surface area contributed by atoms with E-state index in [4.69, 9.17) is 5.11 Å². The zero-order chi connectivity index (χ0) is 16.8. The SMILES string of the molecule is CCN(CCO)C(=O)c1ccc(CNC(=O)C(C)(C)C)cc1. The number of aliphatic hydroxyl groups excluding tert-OH is 1. The summed E-state index contributed by atoms with van der Waals surface area (Å²) in [4.78, 5) is 25.6. The highest BCUT2D eigenvalue weighted by Crippen LogP contribution is 2.13. The van der Waals surface area contributed by atoms with Crippen molar-refractivity contribution in [3.8, 4) is 0 Å². The first-order valence-corrected chi connectivity index (χ1v) is 7.57. The third-order valence-corrected chi connectivity index (χ3v) is 3.37. The molecule has 5 nitrogen and oxygen atoms in total. The zero-order valence-electron chi connectivity index (χ0n) is 13.8. The molecule has 1 rings (SSSR count). The molecule has 0 unspecified atom stereocenters. The molecule has 0 heterocycles. The molecule has 0 saturated carbocycles. The van der Waals surface area contributed by atoms with Crippen LogP contribution in [0.2, 0.25) is 0 Å². The van der Waals surface area contributed by atoms with Gasteiger partial charge in [0.25, 0.3) is 5.91 Å². The zero-order valence-corrected chi connectivity index (χ0v) is 13.8. The molecule has 0 fully saturated rings. The van der Waals surface area contributed by atoms with Crippen molar-refractivity contribution in [2.24, 2.45) is 5.41 Å². The molecule has 5 heteroatoms. The van der Waals surface area contributed by atoms with Gasteiger partial charge in [-0.3, -0.25) is 9.59 Å². The molecule has 1 aromatic rings. The van der Waals surface area contributed by atoms with Crippen LogP contribution in [-0.2, 0) is 11.3 Å². The molecule has 0 bridgehead atoms. The molecule has 0 saturated heterocycles. The van der Waals surface area contributed by atoms with Gasteiger partial charge in [-0.05, 0) is 24.6 Å². The average molecular weight is 306 g/mol. The number of hydrogen-bond acceptors (Lipinski definition) is 3. The first kappa shape index (κ1) is 18.2. The molecule has 22 heavy (non-hydrogen) atoms. The molecule has 0 radical (unpaired) electrons. The van der Waals surface area contributed by atoms with Crippen LogP contribution in [0.3, 0.4) is 0 Å². The summed E-state index contributed by atoms with van der Waals surface area (Å²) in [6, 6.07) is 7.17. The normalized spacial score (nSPS) is 11.1. The fourth-order valence-electron chi connectivity index (χ4n) is 1.92. The van der Waals surface area contributed by atoms with Crippen molar-refractivity contribution >= 4 is 11.8 Å². The Morgan fingerprint density at radius 2 is 1.77 bits per heavy atom. The lowest BCUT2D eigenvalue weighted by atomic mass is 9.95. The van der Waals surface area contributed by atoms with Crippen molar-refractivity contribution in [3.63, 3.8) is 0 Å². The van der Waals surface area contributed by atoms with Gasteiger partial charge in [0, 0.05) is 30.6 Å². The van der Waals surface area contributed by atoms with Gasteiger partial charge in [-0.2, -0.15) is 0 Å². The summed E-state index contributed by atoms with van der Waals surface area (Å²) in [7, 11) is 0. The Morgan fingerprint density at radius 1 is 1.18 bits per heavy atom. The molecule has 2 amide bonds. The van der Waals surface area contributed by atoms with Crippen molar-refractivity contribution in [2.45, 2.75) is 34.2 Å². The Hall–Kier alpha value is -1.88. The highest BCUT2D eigenvalue weighted by atomic mass is 16.3. The van der Waals surface area contributed by atoms with Crippen LogP contribution in [0, 0.1) is 5.41 Å². The molecule has 0 aromatic heterocycles. The highest BCUT2D eigenvalue weighted by molar-refractivity contribution is 5.94. The lowest BCUT2D eigenvalue weighted by Gasteiger charge is -2.20. The largest absolute Gasteiger partial charge is 0.395 e. The standard InChI is InChI=1S/C17H26N2O3/c1-5-19(10-11-20)15(21)14-8-6-13(7-9-14)12-18-16(22)17(2,3)4/h6-9,20H,5,10-12H2,1-4H3,(H,18,22). The van der Waals surface area contributed by atoms with Gasteiger partial charge in [-0.1, -0.05) is 32.9 Å². The first-order chi connectivity index (χ1) is 10.3. The average Bonchev–Trinajstić information content (AvgIpc) is 2.49. The molecule has 0 atom stereocenters. The number of benzene rings is 1. The molecule has 122 valence electrons. The topological polar surface area (TPSA) is 69.6 Å². The summed E-state index contributed by atoms with van der Waals surface area (Å²) in [5.41, 5.74) is 1.11. The number of aliphatic hydroxyl groups is 1. The van der Waals surface area contributed by atoms with E-state index >= 15 is 0 Å². The van der Waals surface area contributed by atoms with E-state index in [1.807, 2.05) is 39.8 Å². The molecule has 0 aliphatic heterocycles. The van der Waals surface area contributed by atoms with Crippen LogP contribution in [-0.4, -0.2) is 41.5 Å². The minimum absolute atomic E-state index is 0.00671. The number of amides is 2. The maximum atomic E-state index is 12.2. The second-order valence-corrected chi connectivity index (χ2v) is 6.24. The van der Waals surface area contributed by atoms with Crippen LogP contribution in [0.25, 0.3) is 0 Å². The summed E-state index contributed by atoms with van der Waals surface area (Å²) in [5.74, 6) is -0.102. The number of carbonyl (C=O) groups excluding carboxylic acids is 2. The van der Waals surface area contributed by atoms with E-state index in [2.05, 4.69) is 5.32 Å². The number of likely N-dealkylation sites (N-methyl/N-ethyl adjacent to an activating group) is 1. The van der Waals surface area contributed by atoms with Crippen molar-refractivity contribution in [2.75, 3.05) is 19.7 Å². The Kier molecular flexibility index (Phi) is 6.56. The van der Waals surface area contributed by atoms with Gasteiger partial charge in [0.1, 0.15) is 0 Å². The fraction of sp³-hybridized carbons (Fsp3) is 0.529. The van der Waals surface area contributed by atoms with Gasteiger partial charge in [0.05, 0.1) is 6.61 Å². The van der Waals surface area contributed by atoms with E-state index in [1.54, 1.807) is 17.0 Å². The minimum Gasteiger partial charge on any atom is -0.395 e. The van der Waals surface area contributed by atoms with Crippen LogP contribution >= 0.6 is 0 Å². The maximum absolute atomic E-state index is 12.2. The predicted molar refractivity (Wildman–Crippen MR) is 86.4 cm³/mol. The molecule has 0 aliphatic carbocycles. The van der Waals surface area contributed by atoms with Crippen LogP contribution in [0.1, 0.15) is 43.6 Å². The Balaban J connectivity index is 2.67. The van der Waals surface area contributed by atoms with Crippen LogP contribution in [0.15, 0.2) is 24.3 Å². The lowest BCUT2D eigenvalue weighted by molar-refractivity contribution is -0.128. The predicted octanol–water partition coefficient (Wildman–Crippen LogP) is 1.80. The smallest absolute Gasteiger partial charge is 0.253 e. The molecule has 0 spiro atoms. The van der Waals surface area contributed by atoms with Crippen molar-refractivity contribution in [3.05, 3.63) is 35.4 Å².